The molecule has 0 radical (unpaired) electrons. The summed E-state index contributed by atoms with van der Waals surface area (Å²) >= 11 is 5.79. The zero-order valence-electron chi connectivity index (χ0n) is 11.0. The van der Waals surface area contributed by atoms with E-state index in [0.717, 1.165) is 19.3 Å². The Hall–Kier alpha value is -1.26. The molecule has 19 heavy (non-hydrogen) atoms. The zero-order valence-corrected chi connectivity index (χ0v) is 11.7. The van der Waals surface area contributed by atoms with Gasteiger partial charge in [0.25, 0.3) is 0 Å². The van der Waals surface area contributed by atoms with Gasteiger partial charge in [-0.25, -0.2) is 4.79 Å². The van der Waals surface area contributed by atoms with Gasteiger partial charge in [-0.3, -0.25) is 5.32 Å². The highest BCUT2D eigenvalue weighted by Crippen LogP contribution is 2.22. The van der Waals surface area contributed by atoms with Crippen LogP contribution in [0.4, 0.5) is 10.5 Å². The first kappa shape index (κ1) is 14.2. The Balaban J connectivity index is 1.88. The monoisotopic (exact) mass is 282 g/mol. The second-order valence-corrected chi connectivity index (χ2v) is 5.19. The number of likely N-dealkylation sites (N-methyl/N-ethyl adjacent to an activating group) is 1. The van der Waals surface area contributed by atoms with E-state index in [0.29, 0.717) is 10.7 Å². The molecule has 4 nitrogen and oxygen atoms in total. The number of amides is 1. The molecule has 1 aliphatic carbocycles. The molecule has 0 aromatic heterocycles. The molecule has 0 bridgehead atoms. The molecule has 2 unspecified atom stereocenters. The number of hydrogen-bond donors (Lipinski definition) is 2. The first-order chi connectivity index (χ1) is 9.19. The molecule has 1 aromatic carbocycles. The minimum absolute atomic E-state index is 0.0500. The summed E-state index contributed by atoms with van der Waals surface area (Å²) in [6.45, 7) is 0. The SMILES string of the molecule is CNC1CCCCC1OC(=O)Nc1ccc(Cl)cc1. The van der Waals surface area contributed by atoms with Crippen molar-refractivity contribution in [2.45, 2.75) is 37.8 Å². The van der Waals surface area contributed by atoms with Crippen molar-refractivity contribution < 1.29 is 9.53 Å². The van der Waals surface area contributed by atoms with Crippen LogP contribution in [0.3, 0.4) is 0 Å². The number of nitrogens with one attached hydrogen (secondary N) is 2. The van der Waals surface area contributed by atoms with E-state index in [1.807, 2.05) is 7.05 Å². The van der Waals surface area contributed by atoms with Crippen LogP contribution in [0.2, 0.25) is 5.02 Å². The maximum Gasteiger partial charge on any atom is 0.411 e. The Kier molecular flexibility index (Phi) is 5.05. The zero-order chi connectivity index (χ0) is 13.7. The van der Waals surface area contributed by atoms with Gasteiger partial charge >= 0.3 is 6.09 Å². The van der Waals surface area contributed by atoms with Gasteiger partial charge in [-0.15, -0.1) is 0 Å². The van der Waals surface area contributed by atoms with E-state index >= 15 is 0 Å². The summed E-state index contributed by atoms with van der Waals surface area (Å²) < 4.78 is 5.48. The second-order valence-electron chi connectivity index (χ2n) is 4.76. The molecule has 0 aliphatic heterocycles. The molecule has 0 heterocycles. The minimum atomic E-state index is -0.408. The summed E-state index contributed by atoms with van der Waals surface area (Å²) in [6.07, 6.45) is 3.80. The Morgan fingerprint density at radius 2 is 1.95 bits per heavy atom. The Labute approximate surface area is 118 Å². The van der Waals surface area contributed by atoms with Crippen LogP contribution in [0.5, 0.6) is 0 Å². The quantitative estimate of drug-likeness (QED) is 0.893. The fourth-order valence-electron chi connectivity index (χ4n) is 2.39. The molecular weight excluding hydrogens is 264 g/mol. The first-order valence-corrected chi connectivity index (χ1v) is 6.97. The van der Waals surface area contributed by atoms with E-state index in [1.165, 1.54) is 6.42 Å². The third-order valence-corrected chi connectivity index (χ3v) is 3.67. The summed E-state index contributed by atoms with van der Waals surface area (Å²) in [5.74, 6) is 0. The summed E-state index contributed by atoms with van der Waals surface area (Å²) in [5.41, 5.74) is 0.686. The maximum absolute atomic E-state index is 11.8. The van der Waals surface area contributed by atoms with Crippen molar-refractivity contribution in [3.05, 3.63) is 29.3 Å². The first-order valence-electron chi connectivity index (χ1n) is 6.59. The molecule has 0 saturated heterocycles. The third kappa shape index (κ3) is 4.11. The molecule has 0 spiro atoms. The molecule has 1 fully saturated rings. The predicted molar refractivity (Wildman–Crippen MR) is 76.7 cm³/mol. The number of benzene rings is 1. The third-order valence-electron chi connectivity index (χ3n) is 3.42. The van der Waals surface area contributed by atoms with Gasteiger partial charge in [-0.2, -0.15) is 0 Å². The summed E-state index contributed by atoms with van der Waals surface area (Å²) in [5, 5.41) is 6.56. The van der Waals surface area contributed by atoms with Gasteiger partial charge in [0.05, 0.1) is 0 Å². The van der Waals surface area contributed by atoms with E-state index < -0.39 is 6.09 Å². The highest BCUT2D eigenvalue weighted by molar-refractivity contribution is 6.30. The molecule has 5 heteroatoms. The maximum atomic E-state index is 11.8. The average molecular weight is 283 g/mol. The van der Waals surface area contributed by atoms with Gasteiger partial charge in [0.1, 0.15) is 6.10 Å². The van der Waals surface area contributed by atoms with Crippen LogP contribution in [0, 0.1) is 0 Å². The fourth-order valence-corrected chi connectivity index (χ4v) is 2.51. The van der Waals surface area contributed by atoms with Crippen molar-refractivity contribution in [3.63, 3.8) is 0 Å². The molecule has 1 aliphatic rings. The minimum Gasteiger partial charge on any atom is -0.444 e. The van der Waals surface area contributed by atoms with Gasteiger partial charge in [0.2, 0.25) is 0 Å². The topological polar surface area (TPSA) is 50.4 Å². The number of carbonyl (C=O) groups is 1. The van der Waals surface area contributed by atoms with Crippen LogP contribution < -0.4 is 10.6 Å². The molecule has 2 atom stereocenters. The van der Waals surface area contributed by atoms with Crippen LogP contribution in [-0.2, 0) is 4.74 Å². The van der Waals surface area contributed by atoms with E-state index in [9.17, 15) is 4.79 Å². The molecule has 1 amide bonds. The Morgan fingerprint density at radius 1 is 1.26 bits per heavy atom. The normalized spacial score (nSPS) is 22.8. The lowest BCUT2D eigenvalue weighted by molar-refractivity contribution is 0.0640. The number of halogens is 1. The van der Waals surface area contributed by atoms with E-state index in [1.54, 1.807) is 24.3 Å². The predicted octanol–water partition coefficient (Wildman–Crippen LogP) is 3.42. The summed E-state index contributed by atoms with van der Waals surface area (Å²) in [4.78, 5) is 11.8. The van der Waals surface area contributed by atoms with Crippen LogP contribution in [0.25, 0.3) is 0 Å². The van der Waals surface area contributed by atoms with E-state index in [-0.39, 0.29) is 12.1 Å². The van der Waals surface area contributed by atoms with E-state index in [2.05, 4.69) is 10.6 Å². The second kappa shape index (κ2) is 6.78. The number of anilines is 1. The van der Waals surface area contributed by atoms with Gasteiger partial charge < -0.3 is 10.1 Å². The lowest BCUT2D eigenvalue weighted by Crippen LogP contribution is -2.43. The highest BCUT2D eigenvalue weighted by atomic mass is 35.5. The summed E-state index contributed by atoms with van der Waals surface area (Å²) in [6, 6.07) is 7.22. The van der Waals surface area contributed by atoms with Crippen LogP contribution in [0.1, 0.15) is 25.7 Å². The molecule has 2 N–H and O–H groups in total. The Bertz CT molecular complexity index is 422. The van der Waals surface area contributed by atoms with Crippen molar-refractivity contribution in [3.8, 4) is 0 Å². The van der Waals surface area contributed by atoms with Gasteiger partial charge in [0, 0.05) is 16.8 Å². The number of ether oxygens (including phenoxy) is 1. The summed E-state index contributed by atoms with van der Waals surface area (Å²) in [7, 11) is 1.91. The van der Waals surface area contributed by atoms with Crippen molar-refractivity contribution in [2.75, 3.05) is 12.4 Å². The van der Waals surface area contributed by atoms with Crippen molar-refractivity contribution in [1.29, 1.82) is 0 Å². The smallest absolute Gasteiger partial charge is 0.411 e. The molecule has 2 rings (SSSR count). The molecule has 104 valence electrons. The largest absolute Gasteiger partial charge is 0.444 e. The molecular formula is C14H19ClN2O2. The molecule has 1 aromatic rings. The van der Waals surface area contributed by atoms with Crippen LogP contribution in [0.15, 0.2) is 24.3 Å². The van der Waals surface area contributed by atoms with E-state index in [4.69, 9.17) is 16.3 Å². The van der Waals surface area contributed by atoms with Gasteiger partial charge in [-0.05, 0) is 50.6 Å². The number of rotatable bonds is 3. The number of hydrogen-bond acceptors (Lipinski definition) is 3. The van der Waals surface area contributed by atoms with Crippen LogP contribution in [-0.4, -0.2) is 25.3 Å². The average Bonchev–Trinajstić information content (AvgIpc) is 2.42. The Morgan fingerprint density at radius 3 is 2.63 bits per heavy atom. The fraction of sp³-hybridized carbons (Fsp3) is 0.500. The van der Waals surface area contributed by atoms with Crippen LogP contribution >= 0.6 is 11.6 Å². The molecule has 1 saturated carbocycles. The lowest BCUT2D eigenvalue weighted by atomic mass is 9.92. The standard InChI is InChI=1S/C14H19ClN2O2/c1-16-12-4-2-3-5-13(12)19-14(18)17-11-8-6-10(15)7-9-11/h6-9,12-13,16H,2-5H2,1H3,(H,17,18). The van der Waals surface area contributed by atoms with Crippen molar-refractivity contribution >= 4 is 23.4 Å². The van der Waals surface area contributed by atoms with Gasteiger partial charge in [0.15, 0.2) is 0 Å². The van der Waals surface area contributed by atoms with Gasteiger partial charge in [-0.1, -0.05) is 18.0 Å². The van der Waals surface area contributed by atoms with Crippen molar-refractivity contribution in [1.82, 2.24) is 5.32 Å². The van der Waals surface area contributed by atoms with Crippen molar-refractivity contribution in [2.24, 2.45) is 0 Å². The number of carbonyl (C=O) groups excluding carboxylic acids is 1. The highest BCUT2D eigenvalue weighted by Gasteiger charge is 2.26. The lowest BCUT2D eigenvalue weighted by Gasteiger charge is -2.30.